The van der Waals surface area contributed by atoms with Gasteiger partial charge in [-0.2, -0.15) is 0 Å². The van der Waals surface area contributed by atoms with Crippen molar-refractivity contribution in [2.75, 3.05) is 13.1 Å². The molecule has 1 saturated carbocycles. The lowest BCUT2D eigenvalue weighted by Gasteiger charge is -2.37. The molecular formula is C12H21NO. The van der Waals surface area contributed by atoms with Gasteiger partial charge in [0.2, 0.25) is 0 Å². The molecule has 2 nitrogen and oxygen atoms in total. The summed E-state index contributed by atoms with van der Waals surface area (Å²) in [4.78, 5) is 13.8. The highest BCUT2D eigenvalue weighted by Gasteiger charge is 2.27. The van der Waals surface area contributed by atoms with Crippen molar-refractivity contribution in [1.29, 1.82) is 0 Å². The Bertz CT molecular complexity index is 206. The maximum Gasteiger partial charge on any atom is 0.146 e. The summed E-state index contributed by atoms with van der Waals surface area (Å²) in [6, 6.07) is 0.718. The first-order valence-electron chi connectivity index (χ1n) is 6.01. The summed E-state index contributed by atoms with van der Waals surface area (Å²) in [5, 5.41) is 0. The van der Waals surface area contributed by atoms with E-state index in [1.807, 2.05) is 0 Å². The first-order valence-corrected chi connectivity index (χ1v) is 6.01. The predicted molar refractivity (Wildman–Crippen MR) is 57.2 cm³/mol. The second kappa shape index (κ2) is 4.43. The van der Waals surface area contributed by atoms with E-state index in [2.05, 4.69) is 11.8 Å². The van der Waals surface area contributed by atoms with E-state index in [4.69, 9.17) is 0 Å². The van der Waals surface area contributed by atoms with Gasteiger partial charge in [0.15, 0.2) is 0 Å². The molecular weight excluding hydrogens is 174 g/mol. The van der Waals surface area contributed by atoms with Crippen LogP contribution >= 0.6 is 0 Å². The zero-order chi connectivity index (χ0) is 9.97. The minimum absolute atomic E-state index is 0.454. The van der Waals surface area contributed by atoms with E-state index in [0.29, 0.717) is 5.78 Å². The zero-order valence-electron chi connectivity index (χ0n) is 9.17. The van der Waals surface area contributed by atoms with Crippen LogP contribution in [-0.4, -0.2) is 29.8 Å². The van der Waals surface area contributed by atoms with E-state index >= 15 is 0 Å². The Morgan fingerprint density at radius 2 is 1.93 bits per heavy atom. The van der Waals surface area contributed by atoms with E-state index < -0.39 is 0 Å². The van der Waals surface area contributed by atoms with Gasteiger partial charge in [0, 0.05) is 12.5 Å². The quantitative estimate of drug-likeness (QED) is 0.639. The second-order valence-electron chi connectivity index (χ2n) is 5.03. The van der Waals surface area contributed by atoms with Crippen molar-refractivity contribution in [1.82, 2.24) is 4.90 Å². The van der Waals surface area contributed by atoms with E-state index in [1.165, 1.54) is 25.7 Å². The van der Waals surface area contributed by atoms with Crippen molar-refractivity contribution < 1.29 is 4.79 Å². The third kappa shape index (κ3) is 2.35. The smallest absolute Gasteiger partial charge is 0.146 e. The molecule has 0 aromatic heterocycles. The third-order valence-corrected chi connectivity index (χ3v) is 3.78. The first-order chi connectivity index (χ1) is 6.75. The molecule has 2 fully saturated rings. The highest BCUT2D eigenvalue weighted by molar-refractivity contribution is 5.81. The van der Waals surface area contributed by atoms with Crippen LogP contribution in [-0.2, 0) is 4.79 Å². The average Bonchev–Trinajstić information content (AvgIpc) is 2.19. The molecule has 2 aliphatic rings. The van der Waals surface area contributed by atoms with Crippen LogP contribution in [0.5, 0.6) is 0 Å². The lowest BCUT2D eigenvalue weighted by Crippen LogP contribution is -2.44. The molecule has 14 heavy (non-hydrogen) atoms. The number of hydrogen-bond acceptors (Lipinski definition) is 2. The molecule has 80 valence electrons. The molecule has 0 amide bonds. The van der Waals surface area contributed by atoms with Crippen LogP contribution in [0.3, 0.4) is 0 Å². The molecule has 1 aliphatic heterocycles. The fraction of sp³-hybridized carbons (Fsp3) is 0.917. The maximum absolute atomic E-state index is 11.3. The van der Waals surface area contributed by atoms with Gasteiger partial charge in [-0.3, -0.25) is 9.69 Å². The minimum atomic E-state index is 0.454. The molecule has 0 bridgehead atoms. The Balaban J connectivity index is 1.85. The van der Waals surface area contributed by atoms with Crippen LogP contribution in [0.2, 0.25) is 0 Å². The molecule has 0 unspecified atom stereocenters. The van der Waals surface area contributed by atoms with Crippen LogP contribution in [0.4, 0.5) is 0 Å². The molecule has 0 N–H and O–H groups in total. The normalized spacial score (nSPS) is 35.9. The summed E-state index contributed by atoms with van der Waals surface area (Å²) < 4.78 is 0. The van der Waals surface area contributed by atoms with Crippen LogP contribution in [0.15, 0.2) is 0 Å². The standard InChI is InChI=1S/C12H21NO/c1-10-4-6-11(7-5-10)13-8-2-3-12(14)9-13/h10-11H,2-9H2,1H3. The second-order valence-corrected chi connectivity index (χ2v) is 5.03. The van der Waals surface area contributed by atoms with Gasteiger partial charge in [-0.1, -0.05) is 6.92 Å². The molecule has 1 aliphatic carbocycles. The Kier molecular flexibility index (Phi) is 3.22. The number of hydrogen-bond donors (Lipinski definition) is 0. The van der Waals surface area contributed by atoms with Crippen LogP contribution < -0.4 is 0 Å². The molecule has 0 radical (unpaired) electrons. The third-order valence-electron chi connectivity index (χ3n) is 3.78. The SMILES string of the molecule is CC1CCC(N2CCCC(=O)C2)CC1. The highest BCUT2D eigenvalue weighted by Crippen LogP contribution is 2.28. The van der Waals surface area contributed by atoms with E-state index in [1.54, 1.807) is 0 Å². The topological polar surface area (TPSA) is 20.3 Å². The molecule has 0 aromatic carbocycles. The number of carbonyl (C=O) groups is 1. The fourth-order valence-corrected chi connectivity index (χ4v) is 2.78. The number of piperidine rings is 1. The van der Waals surface area contributed by atoms with Crippen LogP contribution in [0.1, 0.15) is 45.4 Å². The molecule has 2 heteroatoms. The summed E-state index contributed by atoms with van der Waals surface area (Å²) in [6.45, 7) is 4.24. The van der Waals surface area contributed by atoms with Crippen molar-refractivity contribution in [3.63, 3.8) is 0 Å². The monoisotopic (exact) mass is 195 g/mol. The summed E-state index contributed by atoms with van der Waals surface area (Å²) >= 11 is 0. The Hall–Kier alpha value is -0.370. The summed E-state index contributed by atoms with van der Waals surface area (Å²) in [5.74, 6) is 1.36. The molecule has 2 rings (SSSR count). The van der Waals surface area contributed by atoms with Crippen molar-refractivity contribution in [2.24, 2.45) is 5.92 Å². The molecule has 1 heterocycles. The number of carbonyl (C=O) groups excluding carboxylic acids is 1. The van der Waals surface area contributed by atoms with Gasteiger partial charge >= 0.3 is 0 Å². The lowest BCUT2D eigenvalue weighted by molar-refractivity contribution is -0.123. The first kappa shape index (κ1) is 10.2. The Morgan fingerprint density at radius 3 is 2.57 bits per heavy atom. The van der Waals surface area contributed by atoms with Crippen molar-refractivity contribution in [2.45, 2.75) is 51.5 Å². The zero-order valence-corrected chi connectivity index (χ0v) is 9.17. The summed E-state index contributed by atoms with van der Waals surface area (Å²) in [6.07, 6.45) is 7.25. The van der Waals surface area contributed by atoms with Gasteiger partial charge < -0.3 is 0 Å². The number of nitrogens with zero attached hydrogens (tertiary/aromatic N) is 1. The molecule has 0 spiro atoms. The molecule has 0 atom stereocenters. The van der Waals surface area contributed by atoms with E-state index in [-0.39, 0.29) is 0 Å². The van der Waals surface area contributed by atoms with Crippen molar-refractivity contribution >= 4 is 5.78 Å². The summed E-state index contributed by atoms with van der Waals surface area (Å²) in [7, 11) is 0. The number of ketones is 1. The molecule has 0 aromatic rings. The van der Waals surface area contributed by atoms with Gasteiger partial charge in [0.1, 0.15) is 5.78 Å². The fourth-order valence-electron chi connectivity index (χ4n) is 2.78. The average molecular weight is 195 g/mol. The minimum Gasteiger partial charge on any atom is -0.298 e. The molecule has 1 saturated heterocycles. The number of Topliss-reactive ketones (excluding diaryl/α,β-unsaturated/α-hetero) is 1. The maximum atomic E-state index is 11.3. The van der Waals surface area contributed by atoms with Crippen molar-refractivity contribution in [3.8, 4) is 0 Å². The predicted octanol–water partition coefficient (Wildman–Crippen LogP) is 2.23. The lowest BCUT2D eigenvalue weighted by atomic mass is 9.86. The van der Waals surface area contributed by atoms with Gasteiger partial charge in [-0.15, -0.1) is 0 Å². The van der Waals surface area contributed by atoms with Gasteiger partial charge in [-0.05, 0) is 44.6 Å². The number of likely N-dealkylation sites (tertiary alicyclic amines) is 1. The van der Waals surface area contributed by atoms with Crippen molar-refractivity contribution in [3.05, 3.63) is 0 Å². The summed E-state index contributed by atoms with van der Waals surface area (Å²) in [5.41, 5.74) is 0. The Morgan fingerprint density at radius 1 is 1.21 bits per heavy atom. The number of rotatable bonds is 1. The highest BCUT2D eigenvalue weighted by atomic mass is 16.1. The Labute approximate surface area is 86.7 Å². The van der Waals surface area contributed by atoms with Gasteiger partial charge in [0.05, 0.1) is 6.54 Å². The van der Waals surface area contributed by atoms with Crippen LogP contribution in [0.25, 0.3) is 0 Å². The van der Waals surface area contributed by atoms with Gasteiger partial charge in [0.25, 0.3) is 0 Å². The van der Waals surface area contributed by atoms with E-state index in [0.717, 1.165) is 37.9 Å². The van der Waals surface area contributed by atoms with E-state index in [9.17, 15) is 4.79 Å². The van der Waals surface area contributed by atoms with Gasteiger partial charge in [-0.25, -0.2) is 0 Å². The largest absolute Gasteiger partial charge is 0.298 e. The van der Waals surface area contributed by atoms with Crippen LogP contribution in [0, 0.1) is 5.92 Å².